The van der Waals surface area contributed by atoms with E-state index >= 15 is 0 Å². The van der Waals surface area contributed by atoms with E-state index in [0.29, 0.717) is 5.75 Å². The number of nitrogens with zero attached hydrogens (tertiary/aromatic N) is 2. The molecule has 1 N–H and O–H groups in total. The number of nitrogens with one attached hydrogen (secondary N) is 1. The van der Waals surface area contributed by atoms with Crippen LogP contribution in [0.3, 0.4) is 0 Å². The van der Waals surface area contributed by atoms with Crippen molar-refractivity contribution in [3.63, 3.8) is 0 Å². The molecule has 0 atom stereocenters. The van der Waals surface area contributed by atoms with Crippen molar-refractivity contribution in [1.29, 1.82) is 0 Å². The molecular weight excluding hydrogens is 374 g/mol. The van der Waals surface area contributed by atoms with Crippen molar-refractivity contribution >= 4 is 39.1 Å². The van der Waals surface area contributed by atoms with E-state index in [2.05, 4.69) is 22.3 Å². The Labute approximate surface area is 175 Å². The maximum atomic E-state index is 12.6. The fraction of sp³-hybridized carbons (Fsp3) is 0.200. The molecule has 1 aliphatic rings. The van der Waals surface area contributed by atoms with Crippen molar-refractivity contribution in [1.82, 2.24) is 4.98 Å². The summed E-state index contributed by atoms with van der Waals surface area (Å²) >= 11 is 0. The molecule has 0 saturated carbocycles. The molecule has 0 unspecified atom stereocenters. The number of hydrogen-bond acceptors (Lipinski definition) is 4. The fourth-order valence-electron chi connectivity index (χ4n) is 4.01. The molecule has 0 spiro atoms. The highest BCUT2D eigenvalue weighted by Crippen LogP contribution is 2.28. The largest absolute Gasteiger partial charge is 0.481 e. The van der Waals surface area contributed by atoms with Crippen LogP contribution < -0.4 is 15.0 Å². The summed E-state index contributed by atoms with van der Waals surface area (Å²) in [6.07, 6.45) is 2.40. The number of aromatic nitrogens is 1. The fourth-order valence-corrected chi connectivity index (χ4v) is 4.01. The van der Waals surface area contributed by atoms with Crippen LogP contribution in [0.15, 0.2) is 72.8 Å². The number of fused-ring (bicyclic) bond motifs is 2. The van der Waals surface area contributed by atoms with E-state index in [4.69, 9.17) is 9.72 Å². The van der Waals surface area contributed by atoms with E-state index in [0.717, 1.165) is 46.3 Å². The Morgan fingerprint density at radius 2 is 1.67 bits per heavy atom. The molecule has 150 valence electrons. The lowest BCUT2D eigenvalue weighted by atomic mass is 10.1. The minimum Gasteiger partial charge on any atom is -0.481 e. The van der Waals surface area contributed by atoms with Gasteiger partial charge in [0.05, 0.1) is 0 Å². The van der Waals surface area contributed by atoms with Gasteiger partial charge in [0.2, 0.25) is 0 Å². The zero-order valence-corrected chi connectivity index (χ0v) is 16.7. The summed E-state index contributed by atoms with van der Waals surface area (Å²) in [6.45, 7) is 2.00. The number of anilines is 2. The third kappa shape index (κ3) is 3.66. The Kier molecular flexibility index (Phi) is 4.93. The Hall–Kier alpha value is -3.60. The smallest absolute Gasteiger partial charge is 0.262 e. The van der Waals surface area contributed by atoms with Gasteiger partial charge < -0.3 is 15.0 Å². The topological polar surface area (TPSA) is 54.5 Å². The standard InChI is InChI=1S/C25H23N3O2/c29-24(26-21-11-5-8-18-7-1-2-10-20(18)21)17-30-22-12-6-9-19-13-14-23(27-25(19)22)28-15-3-4-16-28/h1-2,5-14H,3-4,15-17H2,(H,26,29). The quantitative estimate of drug-likeness (QED) is 0.515. The van der Waals surface area contributed by atoms with E-state index in [1.165, 1.54) is 12.8 Å². The van der Waals surface area contributed by atoms with Crippen molar-refractivity contribution in [2.45, 2.75) is 12.8 Å². The number of amides is 1. The Bertz CT molecular complexity index is 1210. The van der Waals surface area contributed by atoms with Crippen LogP contribution in [0.5, 0.6) is 5.75 Å². The number of hydrogen-bond donors (Lipinski definition) is 1. The summed E-state index contributed by atoms with van der Waals surface area (Å²) in [7, 11) is 0. The van der Waals surface area contributed by atoms with Gasteiger partial charge in [-0.2, -0.15) is 0 Å². The van der Waals surface area contributed by atoms with Crippen molar-refractivity contribution in [2.24, 2.45) is 0 Å². The number of para-hydroxylation sites is 1. The second-order valence-corrected chi connectivity index (χ2v) is 7.56. The second kappa shape index (κ2) is 8.03. The normalized spacial score (nSPS) is 13.7. The molecule has 1 aliphatic heterocycles. The first-order valence-corrected chi connectivity index (χ1v) is 10.3. The van der Waals surface area contributed by atoms with Crippen LogP contribution in [0.1, 0.15) is 12.8 Å². The lowest BCUT2D eigenvalue weighted by Crippen LogP contribution is -2.21. The molecule has 30 heavy (non-hydrogen) atoms. The molecule has 1 fully saturated rings. The first-order chi connectivity index (χ1) is 14.8. The van der Waals surface area contributed by atoms with Gasteiger partial charge in [-0.3, -0.25) is 4.79 Å². The van der Waals surface area contributed by atoms with Crippen LogP contribution >= 0.6 is 0 Å². The maximum Gasteiger partial charge on any atom is 0.262 e. The highest BCUT2D eigenvalue weighted by atomic mass is 16.5. The average Bonchev–Trinajstić information content (AvgIpc) is 3.33. The van der Waals surface area contributed by atoms with Gasteiger partial charge in [0.1, 0.15) is 17.1 Å². The molecule has 0 aliphatic carbocycles. The van der Waals surface area contributed by atoms with Crippen LogP contribution in [0.2, 0.25) is 0 Å². The number of rotatable bonds is 5. The van der Waals surface area contributed by atoms with Crippen molar-refractivity contribution < 1.29 is 9.53 Å². The van der Waals surface area contributed by atoms with E-state index in [1.54, 1.807) is 0 Å². The highest BCUT2D eigenvalue weighted by Gasteiger charge is 2.15. The van der Waals surface area contributed by atoms with Crippen molar-refractivity contribution in [2.75, 3.05) is 29.9 Å². The minimum absolute atomic E-state index is 0.0715. The summed E-state index contributed by atoms with van der Waals surface area (Å²) in [6, 6.07) is 23.8. The van der Waals surface area contributed by atoms with E-state index in [9.17, 15) is 4.79 Å². The number of benzene rings is 3. The van der Waals surface area contributed by atoms with Crippen molar-refractivity contribution in [3.05, 3.63) is 72.8 Å². The molecule has 2 heterocycles. The molecule has 0 radical (unpaired) electrons. The summed E-state index contributed by atoms with van der Waals surface area (Å²) in [4.78, 5) is 19.7. The number of ether oxygens (including phenoxy) is 1. The average molecular weight is 397 g/mol. The van der Waals surface area contributed by atoms with Crippen LogP contribution in [0.25, 0.3) is 21.7 Å². The van der Waals surface area contributed by atoms with Crippen LogP contribution in [-0.4, -0.2) is 30.6 Å². The molecule has 3 aromatic carbocycles. The molecule has 1 aromatic heterocycles. The predicted octanol–water partition coefficient (Wildman–Crippen LogP) is 5.01. The van der Waals surface area contributed by atoms with Gasteiger partial charge >= 0.3 is 0 Å². The van der Waals surface area contributed by atoms with Crippen molar-refractivity contribution in [3.8, 4) is 5.75 Å². The van der Waals surface area contributed by atoms with Gasteiger partial charge in [0.25, 0.3) is 5.91 Å². The molecule has 5 rings (SSSR count). The van der Waals surface area contributed by atoms with Gasteiger partial charge in [0, 0.05) is 29.5 Å². The molecule has 0 bridgehead atoms. The summed E-state index contributed by atoms with van der Waals surface area (Å²) < 4.78 is 5.89. The SMILES string of the molecule is O=C(COc1cccc2ccc(N3CCCC3)nc12)Nc1cccc2ccccc12. The zero-order chi connectivity index (χ0) is 20.3. The van der Waals surface area contributed by atoms with Gasteiger partial charge in [-0.15, -0.1) is 0 Å². The summed E-state index contributed by atoms with van der Waals surface area (Å²) in [5.74, 6) is 1.40. The lowest BCUT2D eigenvalue weighted by Gasteiger charge is -2.17. The first-order valence-electron chi connectivity index (χ1n) is 10.3. The highest BCUT2D eigenvalue weighted by molar-refractivity contribution is 6.02. The first kappa shape index (κ1) is 18.4. The second-order valence-electron chi connectivity index (χ2n) is 7.56. The Morgan fingerprint density at radius 3 is 2.57 bits per heavy atom. The Morgan fingerprint density at radius 1 is 0.900 bits per heavy atom. The van der Waals surface area contributed by atoms with Crippen LogP contribution in [-0.2, 0) is 4.79 Å². The van der Waals surface area contributed by atoms with Crippen LogP contribution in [0, 0.1) is 0 Å². The molecular formula is C25H23N3O2. The minimum atomic E-state index is -0.195. The predicted molar refractivity (Wildman–Crippen MR) is 121 cm³/mol. The Balaban J connectivity index is 1.34. The van der Waals surface area contributed by atoms with Gasteiger partial charge in [0.15, 0.2) is 6.61 Å². The maximum absolute atomic E-state index is 12.6. The zero-order valence-electron chi connectivity index (χ0n) is 16.7. The van der Waals surface area contributed by atoms with Gasteiger partial charge in [-0.05, 0) is 42.5 Å². The molecule has 5 nitrogen and oxygen atoms in total. The molecule has 1 amide bonds. The van der Waals surface area contributed by atoms with Gasteiger partial charge in [-0.25, -0.2) is 4.98 Å². The molecule has 1 saturated heterocycles. The van der Waals surface area contributed by atoms with E-state index in [-0.39, 0.29) is 12.5 Å². The number of carbonyl (C=O) groups is 1. The lowest BCUT2D eigenvalue weighted by molar-refractivity contribution is -0.118. The number of carbonyl (C=O) groups excluding carboxylic acids is 1. The van der Waals surface area contributed by atoms with E-state index < -0.39 is 0 Å². The summed E-state index contributed by atoms with van der Waals surface area (Å²) in [5.41, 5.74) is 1.58. The third-order valence-corrected chi connectivity index (χ3v) is 5.52. The number of pyridine rings is 1. The molecule has 5 heteroatoms. The molecule has 4 aromatic rings. The monoisotopic (exact) mass is 397 g/mol. The summed E-state index contributed by atoms with van der Waals surface area (Å²) in [5, 5.41) is 6.07. The third-order valence-electron chi connectivity index (χ3n) is 5.52. The van der Waals surface area contributed by atoms with Gasteiger partial charge in [-0.1, -0.05) is 48.5 Å². The van der Waals surface area contributed by atoms with Crippen LogP contribution in [0.4, 0.5) is 11.5 Å². The van der Waals surface area contributed by atoms with E-state index in [1.807, 2.05) is 60.7 Å².